The fourth-order valence-electron chi connectivity index (χ4n) is 3.49. The summed E-state index contributed by atoms with van der Waals surface area (Å²) < 4.78 is 6.46. The predicted octanol–water partition coefficient (Wildman–Crippen LogP) is 1.98. The van der Waals surface area contributed by atoms with Gasteiger partial charge in [0.25, 0.3) is 0 Å². The molecule has 1 aromatic carbocycles. The normalized spacial score (nSPS) is 23.0. The third-order valence-corrected chi connectivity index (χ3v) is 5.36. The van der Waals surface area contributed by atoms with Gasteiger partial charge in [0.15, 0.2) is 0 Å². The van der Waals surface area contributed by atoms with Crippen LogP contribution in [0.2, 0.25) is 0 Å². The van der Waals surface area contributed by atoms with Crippen molar-refractivity contribution in [3.05, 3.63) is 34.6 Å². The lowest BCUT2D eigenvalue weighted by atomic mass is 10.2. The van der Waals surface area contributed by atoms with Crippen LogP contribution < -0.4 is 5.32 Å². The van der Waals surface area contributed by atoms with E-state index in [0.29, 0.717) is 11.7 Å². The molecule has 2 aliphatic heterocycles. The highest BCUT2D eigenvalue weighted by molar-refractivity contribution is 9.10. The average molecular weight is 392 g/mol. The van der Waals surface area contributed by atoms with E-state index in [9.17, 15) is 0 Å². The molecule has 0 amide bonds. The number of aromatic nitrogens is 2. The van der Waals surface area contributed by atoms with Gasteiger partial charge in [-0.25, -0.2) is 0 Å². The Kier molecular flexibility index (Phi) is 4.93. The van der Waals surface area contributed by atoms with Gasteiger partial charge in [0.2, 0.25) is 11.7 Å². The summed E-state index contributed by atoms with van der Waals surface area (Å²) in [5.41, 5.74) is 0.970. The number of piperazine rings is 1. The quantitative estimate of drug-likeness (QED) is 0.859. The molecule has 4 rings (SSSR count). The van der Waals surface area contributed by atoms with Gasteiger partial charge in [0, 0.05) is 48.8 Å². The Balaban J connectivity index is 1.33. The molecule has 1 atom stereocenters. The summed E-state index contributed by atoms with van der Waals surface area (Å²) in [6.07, 6.45) is 1.28. The molecule has 7 heteroatoms. The fraction of sp³-hybridized carbons (Fsp3) is 0.529. The highest BCUT2D eigenvalue weighted by Gasteiger charge is 2.26. The summed E-state index contributed by atoms with van der Waals surface area (Å²) in [5.74, 6) is 1.35. The topological polar surface area (TPSA) is 57.4 Å². The van der Waals surface area contributed by atoms with Crippen molar-refractivity contribution in [2.75, 3.05) is 39.3 Å². The van der Waals surface area contributed by atoms with Crippen molar-refractivity contribution in [2.24, 2.45) is 0 Å². The summed E-state index contributed by atoms with van der Waals surface area (Å²) in [7, 11) is 0. The second-order valence-corrected chi connectivity index (χ2v) is 7.40. The van der Waals surface area contributed by atoms with Gasteiger partial charge in [-0.3, -0.25) is 9.80 Å². The van der Waals surface area contributed by atoms with Crippen molar-refractivity contribution < 1.29 is 4.52 Å². The molecule has 0 saturated carbocycles. The van der Waals surface area contributed by atoms with Crippen LogP contribution >= 0.6 is 15.9 Å². The average Bonchev–Trinajstić information content (AvgIpc) is 3.27. The molecule has 0 bridgehead atoms. The summed E-state index contributed by atoms with van der Waals surface area (Å²) in [5, 5.41) is 7.57. The molecule has 0 radical (unpaired) electrons. The monoisotopic (exact) mass is 391 g/mol. The number of hydrogen-bond acceptors (Lipinski definition) is 6. The first kappa shape index (κ1) is 16.2. The molecule has 2 saturated heterocycles. The number of halogens is 1. The Bertz CT molecular complexity index is 677. The standard InChI is InChI=1S/C17H22BrN5O/c18-14-3-1-2-13(10-14)17-20-16(24-21-17)12-22-6-8-23(9-7-22)15-4-5-19-11-15/h1-3,10,15,19H,4-9,11-12H2. The van der Waals surface area contributed by atoms with Crippen molar-refractivity contribution in [3.63, 3.8) is 0 Å². The third-order valence-electron chi connectivity index (χ3n) is 4.87. The summed E-state index contributed by atoms with van der Waals surface area (Å²) in [4.78, 5) is 9.56. The molecule has 1 unspecified atom stereocenters. The van der Waals surface area contributed by atoms with E-state index in [1.54, 1.807) is 0 Å². The molecule has 2 aromatic rings. The Labute approximate surface area is 150 Å². The van der Waals surface area contributed by atoms with Gasteiger partial charge >= 0.3 is 0 Å². The second-order valence-electron chi connectivity index (χ2n) is 6.48. The van der Waals surface area contributed by atoms with Crippen LogP contribution in [0.5, 0.6) is 0 Å². The van der Waals surface area contributed by atoms with Crippen LogP contribution in [0.1, 0.15) is 12.3 Å². The first-order valence-electron chi connectivity index (χ1n) is 8.53. The fourth-order valence-corrected chi connectivity index (χ4v) is 3.89. The minimum absolute atomic E-state index is 0.655. The molecule has 24 heavy (non-hydrogen) atoms. The number of nitrogens with zero attached hydrogens (tertiary/aromatic N) is 4. The van der Waals surface area contributed by atoms with Crippen LogP contribution in [0.4, 0.5) is 0 Å². The Morgan fingerprint density at radius 1 is 1.25 bits per heavy atom. The molecule has 3 heterocycles. The van der Waals surface area contributed by atoms with Gasteiger partial charge in [0.1, 0.15) is 0 Å². The van der Waals surface area contributed by atoms with Crippen molar-refractivity contribution >= 4 is 15.9 Å². The van der Waals surface area contributed by atoms with Gasteiger partial charge in [0.05, 0.1) is 6.54 Å². The Morgan fingerprint density at radius 2 is 2.12 bits per heavy atom. The molecule has 6 nitrogen and oxygen atoms in total. The van der Waals surface area contributed by atoms with Crippen molar-refractivity contribution in [1.29, 1.82) is 0 Å². The van der Waals surface area contributed by atoms with E-state index in [2.05, 4.69) is 41.2 Å². The summed E-state index contributed by atoms with van der Waals surface area (Å²) in [6, 6.07) is 8.69. The molecule has 1 N–H and O–H groups in total. The molecular weight excluding hydrogens is 370 g/mol. The molecule has 0 aliphatic carbocycles. The molecule has 2 fully saturated rings. The molecule has 0 spiro atoms. The molecule has 2 aliphatic rings. The first-order valence-corrected chi connectivity index (χ1v) is 9.33. The number of hydrogen-bond donors (Lipinski definition) is 1. The highest BCUT2D eigenvalue weighted by atomic mass is 79.9. The Morgan fingerprint density at radius 3 is 2.88 bits per heavy atom. The number of rotatable bonds is 4. The van der Waals surface area contributed by atoms with Gasteiger partial charge in [-0.2, -0.15) is 4.98 Å². The lowest BCUT2D eigenvalue weighted by Crippen LogP contribution is -2.50. The zero-order chi connectivity index (χ0) is 16.4. The van der Waals surface area contributed by atoms with E-state index in [0.717, 1.165) is 61.9 Å². The van der Waals surface area contributed by atoms with Crippen LogP contribution in [0.15, 0.2) is 33.3 Å². The lowest BCUT2D eigenvalue weighted by Gasteiger charge is -2.37. The van der Waals surface area contributed by atoms with Crippen LogP contribution in [-0.4, -0.2) is 65.3 Å². The minimum Gasteiger partial charge on any atom is -0.338 e. The molecular formula is C17H22BrN5O. The SMILES string of the molecule is Brc1cccc(-c2noc(CN3CCN(C4CCNC4)CC3)n2)c1. The van der Waals surface area contributed by atoms with E-state index >= 15 is 0 Å². The number of benzene rings is 1. The largest absolute Gasteiger partial charge is 0.338 e. The maximum atomic E-state index is 5.45. The van der Waals surface area contributed by atoms with E-state index in [-0.39, 0.29) is 0 Å². The van der Waals surface area contributed by atoms with Crippen molar-refractivity contribution in [2.45, 2.75) is 19.0 Å². The predicted molar refractivity (Wildman–Crippen MR) is 95.6 cm³/mol. The van der Waals surface area contributed by atoms with Gasteiger partial charge in [-0.15, -0.1) is 0 Å². The van der Waals surface area contributed by atoms with Crippen LogP contribution in [0.25, 0.3) is 11.4 Å². The van der Waals surface area contributed by atoms with Crippen LogP contribution in [-0.2, 0) is 6.54 Å². The number of nitrogens with one attached hydrogen (secondary N) is 1. The van der Waals surface area contributed by atoms with E-state index < -0.39 is 0 Å². The minimum atomic E-state index is 0.655. The maximum absolute atomic E-state index is 5.45. The zero-order valence-electron chi connectivity index (χ0n) is 13.6. The van der Waals surface area contributed by atoms with Crippen molar-refractivity contribution in [3.8, 4) is 11.4 Å². The molecule has 128 valence electrons. The lowest BCUT2D eigenvalue weighted by molar-refractivity contribution is 0.0908. The van der Waals surface area contributed by atoms with Gasteiger partial charge < -0.3 is 9.84 Å². The van der Waals surface area contributed by atoms with Gasteiger partial charge in [-0.05, 0) is 25.1 Å². The second kappa shape index (κ2) is 7.31. The molecule has 1 aromatic heterocycles. The first-order chi connectivity index (χ1) is 11.8. The zero-order valence-corrected chi connectivity index (χ0v) is 15.2. The maximum Gasteiger partial charge on any atom is 0.241 e. The Hall–Kier alpha value is -1.28. The summed E-state index contributed by atoms with van der Waals surface area (Å²) in [6.45, 7) is 7.40. The third kappa shape index (κ3) is 3.69. The van der Waals surface area contributed by atoms with Crippen LogP contribution in [0, 0.1) is 0 Å². The van der Waals surface area contributed by atoms with Crippen LogP contribution in [0.3, 0.4) is 0 Å². The van der Waals surface area contributed by atoms with E-state index in [1.807, 2.05) is 24.3 Å². The smallest absolute Gasteiger partial charge is 0.241 e. The van der Waals surface area contributed by atoms with E-state index in [4.69, 9.17) is 4.52 Å². The highest BCUT2D eigenvalue weighted by Crippen LogP contribution is 2.21. The van der Waals surface area contributed by atoms with Crippen molar-refractivity contribution in [1.82, 2.24) is 25.3 Å². The summed E-state index contributed by atoms with van der Waals surface area (Å²) >= 11 is 3.48. The van der Waals surface area contributed by atoms with Gasteiger partial charge in [-0.1, -0.05) is 33.2 Å². The van der Waals surface area contributed by atoms with E-state index in [1.165, 1.54) is 6.42 Å².